The van der Waals surface area contributed by atoms with Crippen LogP contribution in [0.4, 0.5) is 0 Å². The predicted molar refractivity (Wildman–Crippen MR) is 139 cm³/mol. The van der Waals surface area contributed by atoms with Crippen molar-refractivity contribution in [1.82, 2.24) is 19.6 Å². The van der Waals surface area contributed by atoms with Crippen LogP contribution in [0.25, 0.3) is 21.8 Å². The van der Waals surface area contributed by atoms with E-state index < -0.39 is 0 Å². The van der Waals surface area contributed by atoms with Crippen molar-refractivity contribution in [3.63, 3.8) is 0 Å². The molecule has 3 aromatic carbocycles. The fourth-order valence-electron chi connectivity index (χ4n) is 4.63. The van der Waals surface area contributed by atoms with Crippen LogP contribution >= 0.6 is 0 Å². The van der Waals surface area contributed by atoms with Gasteiger partial charge in [-0.2, -0.15) is 0 Å². The number of pyridine rings is 1. The van der Waals surface area contributed by atoms with Crippen molar-refractivity contribution < 1.29 is 14.2 Å². The molecule has 0 saturated carbocycles. The number of hydrogen-bond donors (Lipinski definition) is 0. The number of fused-ring (bicyclic) bond motifs is 2. The van der Waals surface area contributed by atoms with Gasteiger partial charge in [-0.3, -0.25) is 4.79 Å². The van der Waals surface area contributed by atoms with E-state index in [2.05, 4.69) is 27.9 Å². The minimum absolute atomic E-state index is 0.0539. The number of nitrogens with zero attached hydrogens (tertiary/aromatic N) is 4. The fourth-order valence-corrected chi connectivity index (χ4v) is 4.63. The van der Waals surface area contributed by atoms with Gasteiger partial charge in [0, 0.05) is 10.8 Å². The van der Waals surface area contributed by atoms with E-state index in [0.717, 1.165) is 39.7 Å². The SMILES string of the molecule is CCc1ccc2c(c1)c(=O)c1ccccc1n2Cc1cn(Cc2cc(OC)c(OC)c(OC)c2)nn1. The summed E-state index contributed by atoms with van der Waals surface area (Å²) in [5.41, 5.74) is 4.67. The summed E-state index contributed by atoms with van der Waals surface area (Å²) in [6, 6.07) is 17.6. The van der Waals surface area contributed by atoms with Crippen LogP contribution in [-0.4, -0.2) is 40.9 Å². The largest absolute Gasteiger partial charge is 0.493 e. The van der Waals surface area contributed by atoms with Gasteiger partial charge in [-0.25, -0.2) is 4.68 Å². The Hall–Kier alpha value is -4.33. The highest BCUT2D eigenvalue weighted by atomic mass is 16.5. The van der Waals surface area contributed by atoms with Crippen LogP contribution in [0, 0.1) is 0 Å². The first-order valence-electron chi connectivity index (χ1n) is 11.8. The van der Waals surface area contributed by atoms with E-state index in [4.69, 9.17) is 14.2 Å². The fraction of sp³-hybridized carbons (Fsp3) is 0.250. The lowest BCUT2D eigenvalue weighted by molar-refractivity contribution is 0.323. The Kier molecular flexibility index (Phi) is 6.33. The lowest BCUT2D eigenvalue weighted by Gasteiger charge is -2.15. The van der Waals surface area contributed by atoms with E-state index in [1.807, 2.05) is 54.7 Å². The molecule has 0 aliphatic carbocycles. The molecule has 0 radical (unpaired) electrons. The summed E-state index contributed by atoms with van der Waals surface area (Å²) in [6.45, 7) is 3.06. The number of rotatable bonds is 8. The second-order valence-electron chi connectivity index (χ2n) is 8.58. The standard InChI is InChI=1S/C28H28N4O4/c1-5-18-10-11-24-22(12-18)27(33)21-8-6-7-9-23(21)32(24)17-20-16-31(30-29-20)15-19-13-25(34-2)28(36-4)26(14-19)35-3/h6-14,16H,5,15,17H2,1-4H3. The maximum atomic E-state index is 13.2. The van der Waals surface area contributed by atoms with Gasteiger partial charge >= 0.3 is 0 Å². The molecule has 5 rings (SSSR count). The Morgan fingerprint density at radius 3 is 2.22 bits per heavy atom. The molecule has 0 aliphatic rings. The molecular formula is C28H28N4O4. The third kappa shape index (κ3) is 4.15. The molecule has 5 aromatic rings. The first-order chi connectivity index (χ1) is 17.6. The number of aryl methyl sites for hydroxylation is 1. The molecule has 2 aromatic heterocycles. The molecule has 8 heteroatoms. The van der Waals surface area contributed by atoms with Crippen LogP contribution in [0.1, 0.15) is 23.7 Å². The average molecular weight is 485 g/mol. The number of methoxy groups -OCH3 is 3. The van der Waals surface area contributed by atoms with Crippen LogP contribution in [-0.2, 0) is 19.5 Å². The molecule has 0 spiro atoms. The van der Waals surface area contributed by atoms with Gasteiger partial charge in [0.15, 0.2) is 16.9 Å². The quantitative estimate of drug-likeness (QED) is 0.303. The minimum Gasteiger partial charge on any atom is -0.493 e. The third-order valence-electron chi connectivity index (χ3n) is 6.42. The van der Waals surface area contributed by atoms with Gasteiger partial charge in [0.05, 0.1) is 51.6 Å². The molecule has 184 valence electrons. The third-order valence-corrected chi connectivity index (χ3v) is 6.42. The number of hydrogen-bond acceptors (Lipinski definition) is 6. The second kappa shape index (κ2) is 9.73. The molecule has 0 bridgehead atoms. The molecule has 0 amide bonds. The molecule has 0 saturated heterocycles. The maximum absolute atomic E-state index is 13.2. The Morgan fingerprint density at radius 2 is 1.53 bits per heavy atom. The number of ether oxygens (including phenoxy) is 3. The highest BCUT2D eigenvalue weighted by Gasteiger charge is 2.15. The topological polar surface area (TPSA) is 80.4 Å². The molecule has 0 atom stereocenters. The zero-order chi connectivity index (χ0) is 25.2. The van der Waals surface area contributed by atoms with Gasteiger partial charge in [0.2, 0.25) is 5.75 Å². The Balaban J connectivity index is 1.52. The number of benzene rings is 3. The van der Waals surface area contributed by atoms with E-state index in [-0.39, 0.29) is 5.43 Å². The van der Waals surface area contributed by atoms with Gasteiger partial charge in [-0.15, -0.1) is 5.10 Å². The molecule has 0 aliphatic heterocycles. The Labute approximate surface area is 208 Å². The molecule has 8 nitrogen and oxygen atoms in total. The highest BCUT2D eigenvalue weighted by molar-refractivity contribution is 5.93. The molecule has 36 heavy (non-hydrogen) atoms. The van der Waals surface area contributed by atoms with Crippen molar-refractivity contribution >= 4 is 21.8 Å². The van der Waals surface area contributed by atoms with Crippen molar-refractivity contribution in [2.45, 2.75) is 26.4 Å². The summed E-state index contributed by atoms with van der Waals surface area (Å²) >= 11 is 0. The lowest BCUT2D eigenvalue weighted by atomic mass is 10.1. The molecule has 0 unspecified atom stereocenters. The maximum Gasteiger partial charge on any atom is 0.203 e. The van der Waals surface area contributed by atoms with Crippen LogP contribution in [0.3, 0.4) is 0 Å². The van der Waals surface area contributed by atoms with Crippen molar-refractivity contribution in [3.8, 4) is 17.2 Å². The summed E-state index contributed by atoms with van der Waals surface area (Å²) in [7, 11) is 4.77. The van der Waals surface area contributed by atoms with E-state index in [1.54, 1.807) is 26.0 Å². The average Bonchev–Trinajstić information content (AvgIpc) is 3.36. The van der Waals surface area contributed by atoms with Crippen molar-refractivity contribution in [3.05, 3.63) is 87.8 Å². The molecule has 0 N–H and O–H groups in total. The predicted octanol–water partition coefficient (Wildman–Crippen LogP) is 4.43. The minimum atomic E-state index is 0.0539. The monoisotopic (exact) mass is 484 g/mol. The number of para-hydroxylation sites is 1. The molecule has 2 heterocycles. The first kappa shape index (κ1) is 23.4. The van der Waals surface area contributed by atoms with Crippen molar-refractivity contribution in [1.29, 1.82) is 0 Å². The van der Waals surface area contributed by atoms with E-state index in [0.29, 0.717) is 35.7 Å². The van der Waals surface area contributed by atoms with Gasteiger partial charge in [-0.05, 0) is 53.9 Å². The zero-order valence-electron chi connectivity index (χ0n) is 20.8. The Bertz CT molecular complexity index is 1590. The van der Waals surface area contributed by atoms with Gasteiger partial charge in [0.25, 0.3) is 0 Å². The summed E-state index contributed by atoms with van der Waals surface area (Å²) in [5, 5.41) is 10.2. The number of aromatic nitrogens is 4. The van der Waals surface area contributed by atoms with Crippen molar-refractivity contribution in [2.24, 2.45) is 0 Å². The summed E-state index contributed by atoms with van der Waals surface area (Å²) in [6.07, 6.45) is 2.79. The van der Waals surface area contributed by atoms with Crippen LogP contribution in [0.5, 0.6) is 17.2 Å². The molecule has 0 fully saturated rings. The summed E-state index contributed by atoms with van der Waals surface area (Å²) in [4.78, 5) is 13.2. The summed E-state index contributed by atoms with van der Waals surface area (Å²) in [5.74, 6) is 1.72. The summed E-state index contributed by atoms with van der Waals surface area (Å²) < 4.78 is 20.3. The molecular weight excluding hydrogens is 456 g/mol. The van der Waals surface area contributed by atoms with E-state index in [9.17, 15) is 4.79 Å². The smallest absolute Gasteiger partial charge is 0.203 e. The van der Waals surface area contributed by atoms with Crippen molar-refractivity contribution in [2.75, 3.05) is 21.3 Å². The van der Waals surface area contributed by atoms with Crippen LogP contribution < -0.4 is 19.6 Å². The van der Waals surface area contributed by atoms with Crippen LogP contribution in [0.15, 0.2) is 65.6 Å². The van der Waals surface area contributed by atoms with Gasteiger partial charge in [-0.1, -0.05) is 30.3 Å². The van der Waals surface area contributed by atoms with E-state index >= 15 is 0 Å². The first-order valence-corrected chi connectivity index (χ1v) is 11.8. The van der Waals surface area contributed by atoms with Crippen LogP contribution in [0.2, 0.25) is 0 Å². The zero-order valence-corrected chi connectivity index (χ0v) is 20.8. The highest BCUT2D eigenvalue weighted by Crippen LogP contribution is 2.38. The second-order valence-corrected chi connectivity index (χ2v) is 8.58. The lowest BCUT2D eigenvalue weighted by Crippen LogP contribution is -2.12. The van der Waals surface area contributed by atoms with Gasteiger partial charge in [0.1, 0.15) is 5.69 Å². The normalized spacial score (nSPS) is 11.2. The Morgan fingerprint density at radius 1 is 0.806 bits per heavy atom. The van der Waals surface area contributed by atoms with Gasteiger partial charge < -0.3 is 18.8 Å². The van der Waals surface area contributed by atoms with E-state index in [1.165, 1.54) is 0 Å².